The van der Waals surface area contributed by atoms with Gasteiger partial charge in [-0.3, -0.25) is 4.79 Å². The fourth-order valence-corrected chi connectivity index (χ4v) is 1.64. The average molecular weight is 244 g/mol. The number of hydrogen-bond donors (Lipinski definition) is 2. The molecule has 1 aromatic heterocycles. The number of hydrogen-bond acceptors (Lipinski definition) is 6. The van der Waals surface area contributed by atoms with Crippen molar-refractivity contribution in [3.63, 3.8) is 0 Å². The van der Waals surface area contributed by atoms with Gasteiger partial charge in [-0.2, -0.15) is 0 Å². The largest absolute Gasteiger partial charge is 0.477 e. The lowest BCUT2D eigenvalue weighted by molar-refractivity contribution is -0.142. The number of carbonyl (C=O) groups excluding carboxylic acids is 1. The summed E-state index contributed by atoms with van der Waals surface area (Å²) in [5, 5.41) is 12.0. The summed E-state index contributed by atoms with van der Waals surface area (Å²) in [7, 11) is 0. The standard InChI is InChI=1S/C9H12N2O4S/c1-2-15-7(12)3-4-10-9-11-5-6(16-9)8(13)14/h5H,2-4H2,1H3,(H,10,11)(H,13,14). The van der Waals surface area contributed by atoms with Crippen LogP contribution in [-0.2, 0) is 9.53 Å². The van der Waals surface area contributed by atoms with E-state index in [9.17, 15) is 9.59 Å². The SMILES string of the molecule is CCOC(=O)CCNc1ncc(C(=O)O)s1. The highest BCUT2D eigenvalue weighted by Crippen LogP contribution is 2.17. The van der Waals surface area contributed by atoms with E-state index in [0.717, 1.165) is 11.3 Å². The molecule has 7 heteroatoms. The summed E-state index contributed by atoms with van der Waals surface area (Å²) in [5.74, 6) is -1.29. The summed E-state index contributed by atoms with van der Waals surface area (Å²) < 4.78 is 4.73. The summed E-state index contributed by atoms with van der Waals surface area (Å²) in [6.07, 6.45) is 1.51. The number of carboxylic acid groups (broad SMARTS) is 1. The molecule has 0 bridgehead atoms. The van der Waals surface area contributed by atoms with Crippen LogP contribution in [0.5, 0.6) is 0 Å². The van der Waals surface area contributed by atoms with Gasteiger partial charge in [0.15, 0.2) is 5.13 Å². The molecular weight excluding hydrogens is 232 g/mol. The fraction of sp³-hybridized carbons (Fsp3) is 0.444. The average Bonchev–Trinajstić information content (AvgIpc) is 2.67. The van der Waals surface area contributed by atoms with Crippen molar-refractivity contribution in [3.05, 3.63) is 11.1 Å². The fourth-order valence-electron chi connectivity index (χ4n) is 0.959. The normalized spacial score (nSPS) is 9.81. The summed E-state index contributed by atoms with van der Waals surface area (Å²) in [5.41, 5.74) is 0. The van der Waals surface area contributed by atoms with Gasteiger partial charge in [-0.05, 0) is 6.92 Å². The molecule has 0 aliphatic heterocycles. The van der Waals surface area contributed by atoms with Gasteiger partial charge in [0.2, 0.25) is 0 Å². The minimum absolute atomic E-state index is 0.165. The highest BCUT2D eigenvalue weighted by atomic mass is 32.1. The summed E-state index contributed by atoms with van der Waals surface area (Å²) in [6.45, 7) is 2.48. The highest BCUT2D eigenvalue weighted by Gasteiger charge is 2.08. The molecule has 0 saturated heterocycles. The van der Waals surface area contributed by atoms with Crippen LogP contribution in [0.25, 0.3) is 0 Å². The third kappa shape index (κ3) is 3.85. The number of rotatable bonds is 6. The lowest BCUT2D eigenvalue weighted by atomic mass is 10.4. The van der Waals surface area contributed by atoms with Crippen molar-refractivity contribution in [3.8, 4) is 0 Å². The van der Waals surface area contributed by atoms with Crippen molar-refractivity contribution in [1.82, 2.24) is 4.98 Å². The van der Waals surface area contributed by atoms with Gasteiger partial charge in [-0.15, -0.1) is 0 Å². The van der Waals surface area contributed by atoms with Crippen LogP contribution in [0.1, 0.15) is 23.0 Å². The van der Waals surface area contributed by atoms with Gasteiger partial charge < -0.3 is 15.2 Å². The predicted molar refractivity (Wildman–Crippen MR) is 58.8 cm³/mol. The van der Waals surface area contributed by atoms with Crippen molar-refractivity contribution in [1.29, 1.82) is 0 Å². The van der Waals surface area contributed by atoms with Crippen molar-refractivity contribution in [2.45, 2.75) is 13.3 Å². The molecule has 88 valence electrons. The van der Waals surface area contributed by atoms with Gasteiger partial charge >= 0.3 is 11.9 Å². The van der Waals surface area contributed by atoms with E-state index in [1.807, 2.05) is 0 Å². The van der Waals surface area contributed by atoms with Crippen molar-refractivity contribution in [2.75, 3.05) is 18.5 Å². The number of aromatic nitrogens is 1. The highest BCUT2D eigenvalue weighted by molar-refractivity contribution is 7.17. The zero-order chi connectivity index (χ0) is 12.0. The van der Waals surface area contributed by atoms with E-state index in [1.54, 1.807) is 6.92 Å². The van der Waals surface area contributed by atoms with Crippen molar-refractivity contribution >= 4 is 28.4 Å². The van der Waals surface area contributed by atoms with E-state index in [1.165, 1.54) is 6.20 Å². The molecule has 0 amide bonds. The monoisotopic (exact) mass is 244 g/mol. The van der Waals surface area contributed by atoms with E-state index in [2.05, 4.69) is 10.3 Å². The topological polar surface area (TPSA) is 88.5 Å². The minimum atomic E-state index is -1.00. The van der Waals surface area contributed by atoms with Crippen LogP contribution in [-0.4, -0.2) is 35.2 Å². The third-order valence-corrected chi connectivity index (χ3v) is 2.57. The number of anilines is 1. The Kier molecular flexibility index (Phi) is 4.71. The molecule has 2 N–H and O–H groups in total. The number of nitrogens with one attached hydrogen (secondary N) is 1. The van der Waals surface area contributed by atoms with Crippen LogP contribution >= 0.6 is 11.3 Å². The number of carboxylic acids is 1. The Balaban J connectivity index is 2.32. The van der Waals surface area contributed by atoms with Gasteiger partial charge in [0.25, 0.3) is 0 Å². The first kappa shape index (κ1) is 12.4. The quantitative estimate of drug-likeness (QED) is 0.731. The predicted octanol–water partition coefficient (Wildman–Crippen LogP) is 1.21. The van der Waals surface area contributed by atoms with Gasteiger partial charge in [0.05, 0.1) is 19.2 Å². The lowest BCUT2D eigenvalue weighted by Gasteiger charge is -2.02. The Morgan fingerprint density at radius 3 is 2.94 bits per heavy atom. The number of ether oxygens (including phenoxy) is 1. The van der Waals surface area contributed by atoms with Crippen molar-refractivity contribution < 1.29 is 19.4 Å². The molecule has 6 nitrogen and oxygen atoms in total. The van der Waals surface area contributed by atoms with Crippen LogP contribution in [0.15, 0.2) is 6.20 Å². The number of nitrogens with zero attached hydrogens (tertiary/aromatic N) is 1. The van der Waals surface area contributed by atoms with E-state index >= 15 is 0 Å². The number of esters is 1. The van der Waals surface area contributed by atoms with Crippen molar-refractivity contribution in [2.24, 2.45) is 0 Å². The molecule has 0 spiro atoms. The van der Waals surface area contributed by atoms with Gasteiger partial charge in [0, 0.05) is 6.54 Å². The second kappa shape index (κ2) is 6.06. The molecular formula is C9H12N2O4S. The molecule has 16 heavy (non-hydrogen) atoms. The third-order valence-electron chi connectivity index (χ3n) is 1.63. The Hall–Kier alpha value is -1.63. The maximum atomic E-state index is 11.0. The lowest BCUT2D eigenvalue weighted by Crippen LogP contribution is -2.11. The van der Waals surface area contributed by atoms with E-state index in [0.29, 0.717) is 18.3 Å². The van der Waals surface area contributed by atoms with E-state index in [-0.39, 0.29) is 17.3 Å². The molecule has 0 aliphatic rings. The molecule has 0 saturated carbocycles. The van der Waals surface area contributed by atoms with Gasteiger partial charge in [-0.25, -0.2) is 9.78 Å². The van der Waals surface area contributed by atoms with E-state index in [4.69, 9.17) is 9.84 Å². The number of carbonyl (C=O) groups is 2. The van der Waals surface area contributed by atoms with Crippen LogP contribution in [0.3, 0.4) is 0 Å². The van der Waals surface area contributed by atoms with E-state index < -0.39 is 5.97 Å². The smallest absolute Gasteiger partial charge is 0.347 e. The van der Waals surface area contributed by atoms with Crippen LogP contribution in [0.4, 0.5) is 5.13 Å². The first-order valence-corrected chi connectivity index (χ1v) is 5.53. The maximum absolute atomic E-state index is 11.0. The Bertz CT molecular complexity index is 377. The summed E-state index contributed by atoms with van der Waals surface area (Å²) >= 11 is 1.03. The molecule has 1 aromatic rings. The zero-order valence-electron chi connectivity index (χ0n) is 8.73. The molecule has 0 unspecified atom stereocenters. The summed E-state index contributed by atoms with van der Waals surface area (Å²) in [6, 6.07) is 0. The molecule has 0 aromatic carbocycles. The number of thiazole rings is 1. The first-order valence-electron chi connectivity index (χ1n) is 4.72. The minimum Gasteiger partial charge on any atom is -0.477 e. The Morgan fingerprint density at radius 2 is 2.38 bits per heavy atom. The molecule has 1 heterocycles. The molecule has 1 rings (SSSR count). The zero-order valence-corrected chi connectivity index (χ0v) is 9.54. The number of aromatic carboxylic acids is 1. The second-order valence-electron chi connectivity index (χ2n) is 2.82. The first-order chi connectivity index (χ1) is 7.63. The second-order valence-corrected chi connectivity index (χ2v) is 3.85. The molecule has 0 aliphatic carbocycles. The Morgan fingerprint density at radius 1 is 1.62 bits per heavy atom. The van der Waals surface area contributed by atoms with Crippen LogP contribution in [0.2, 0.25) is 0 Å². The Labute approximate surface area is 96.3 Å². The summed E-state index contributed by atoms with van der Waals surface area (Å²) in [4.78, 5) is 25.5. The van der Waals surface area contributed by atoms with Crippen LogP contribution < -0.4 is 5.32 Å². The molecule has 0 fully saturated rings. The van der Waals surface area contributed by atoms with Crippen LogP contribution in [0, 0.1) is 0 Å². The molecule has 0 atom stereocenters. The van der Waals surface area contributed by atoms with Gasteiger partial charge in [-0.1, -0.05) is 11.3 Å². The molecule has 0 radical (unpaired) electrons. The maximum Gasteiger partial charge on any atom is 0.347 e. The van der Waals surface area contributed by atoms with Gasteiger partial charge in [0.1, 0.15) is 4.88 Å².